The first-order valence-corrected chi connectivity index (χ1v) is 8.34. The molecule has 1 unspecified atom stereocenters. The lowest BCUT2D eigenvalue weighted by molar-refractivity contribution is 0.127. The van der Waals surface area contributed by atoms with Crippen LogP contribution in [-0.4, -0.2) is 45.7 Å². The van der Waals surface area contributed by atoms with Gasteiger partial charge < -0.3 is 10.1 Å². The highest BCUT2D eigenvalue weighted by Crippen LogP contribution is 2.14. The van der Waals surface area contributed by atoms with Gasteiger partial charge in [-0.05, 0) is 38.3 Å². The fourth-order valence-electron chi connectivity index (χ4n) is 1.95. The molecular formula is C12H25NO3S. The molecular weight excluding hydrogens is 238 g/mol. The Morgan fingerprint density at radius 3 is 2.76 bits per heavy atom. The second-order valence-corrected chi connectivity index (χ2v) is 7.43. The Balaban J connectivity index is 2.11. The maximum Gasteiger partial charge on any atom is 0.152 e. The second-order valence-electron chi connectivity index (χ2n) is 5.20. The van der Waals surface area contributed by atoms with Gasteiger partial charge in [-0.15, -0.1) is 0 Å². The van der Waals surface area contributed by atoms with Crippen molar-refractivity contribution in [2.45, 2.75) is 39.2 Å². The molecule has 0 saturated carbocycles. The average molecular weight is 263 g/mol. The van der Waals surface area contributed by atoms with Gasteiger partial charge >= 0.3 is 0 Å². The predicted octanol–water partition coefficient (Wildman–Crippen LogP) is 1.22. The largest absolute Gasteiger partial charge is 0.377 e. The quantitative estimate of drug-likeness (QED) is 0.669. The molecule has 0 aliphatic carbocycles. The predicted molar refractivity (Wildman–Crippen MR) is 70.0 cm³/mol. The van der Waals surface area contributed by atoms with Gasteiger partial charge in [0.05, 0.1) is 17.6 Å². The van der Waals surface area contributed by atoms with Crippen LogP contribution in [0.4, 0.5) is 0 Å². The molecule has 0 aromatic carbocycles. The SMILES string of the molecule is CC(C)CNCCCS(=O)(=O)CC1CCCO1. The van der Waals surface area contributed by atoms with E-state index in [1.807, 2.05) is 0 Å². The number of nitrogens with one attached hydrogen (secondary N) is 1. The van der Waals surface area contributed by atoms with Gasteiger partial charge in [-0.25, -0.2) is 8.42 Å². The van der Waals surface area contributed by atoms with Crippen LogP contribution in [0.5, 0.6) is 0 Å². The zero-order chi connectivity index (χ0) is 12.7. The third-order valence-corrected chi connectivity index (χ3v) is 4.62. The highest BCUT2D eigenvalue weighted by atomic mass is 32.2. The third-order valence-electron chi connectivity index (χ3n) is 2.83. The minimum Gasteiger partial charge on any atom is -0.377 e. The van der Waals surface area contributed by atoms with Gasteiger partial charge in [0, 0.05) is 6.61 Å². The molecule has 102 valence electrons. The standard InChI is InChI=1S/C12H25NO3S/c1-11(2)9-13-6-4-8-17(14,15)10-12-5-3-7-16-12/h11-13H,3-10H2,1-2H3. The van der Waals surface area contributed by atoms with Crippen molar-refractivity contribution in [3.05, 3.63) is 0 Å². The molecule has 17 heavy (non-hydrogen) atoms. The van der Waals surface area contributed by atoms with Crippen LogP contribution in [0.15, 0.2) is 0 Å². The average Bonchev–Trinajstić information content (AvgIpc) is 2.68. The van der Waals surface area contributed by atoms with Gasteiger partial charge in [0.25, 0.3) is 0 Å². The monoisotopic (exact) mass is 263 g/mol. The lowest BCUT2D eigenvalue weighted by Gasteiger charge is -2.11. The molecule has 1 N–H and O–H groups in total. The van der Waals surface area contributed by atoms with Crippen LogP contribution in [0, 0.1) is 5.92 Å². The van der Waals surface area contributed by atoms with E-state index in [-0.39, 0.29) is 17.6 Å². The van der Waals surface area contributed by atoms with Crippen LogP contribution in [0.2, 0.25) is 0 Å². The topological polar surface area (TPSA) is 55.4 Å². The highest BCUT2D eigenvalue weighted by Gasteiger charge is 2.22. The first-order valence-electron chi connectivity index (χ1n) is 6.52. The molecule has 4 nitrogen and oxygen atoms in total. The summed E-state index contributed by atoms with van der Waals surface area (Å²) in [7, 11) is -2.93. The van der Waals surface area contributed by atoms with Crippen molar-refractivity contribution in [3.8, 4) is 0 Å². The van der Waals surface area contributed by atoms with Crippen molar-refractivity contribution in [2.24, 2.45) is 5.92 Å². The summed E-state index contributed by atoms with van der Waals surface area (Å²) in [6.45, 7) is 6.73. The van der Waals surface area contributed by atoms with E-state index >= 15 is 0 Å². The van der Waals surface area contributed by atoms with E-state index < -0.39 is 9.84 Å². The summed E-state index contributed by atoms with van der Waals surface area (Å²) in [5, 5.41) is 3.26. The van der Waals surface area contributed by atoms with Crippen LogP contribution in [-0.2, 0) is 14.6 Å². The second kappa shape index (κ2) is 7.34. The van der Waals surface area contributed by atoms with E-state index in [0.717, 1.165) is 32.5 Å². The fraction of sp³-hybridized carbons (Fsp3) is 1.00. The molecule has 1 rings (SSSR count). The minimum absolute atomic E-state index is 0.0522. The van der Waals surface area contributed by atoms with E-state index in [2.05, 4.69) is 19.2 Å². The molecule has 0 amide bonds. The zero-order valence-corrected chi connectivity index (χ0v) is 11.8. The molecule has 5 heteroatoms. The molecule has 0 aromatic heterocycles. The molecule has 1 aliphatic heterocycles. The zero-order valence-electron chi connectivity index (χ0n) is 10.9. The van der Waals surface area contributed by atoms with Crippen LogP contribution in [0.3, 0.4) is 0 Å². The summed E-state index contributed by atoms with van der Waals surface area (Å²) < 4.78 is 28.9. The van der Waals surface area contributed by atoms with Crippen LogP contribution in [0.25, 0.3) is 0 Å². The lowest BCUT2D eigenvalue weighted by atomic mass is 10.2. The Morgan fingerprint density at radius 2 is 2.18 bits per heavy atom. The Bertz CT molecular complexity index is 295. The van der Waals surface area contributed by atoms with Crippen molar-refractivity contribution in [2.75, 3.05) is 31.2 Å². The van der Waals surface area contributed by atoms with Crippen LogP contribution >= 0.6 is 0 Å². The van der Waals surface area contributed by atoms with Crippen LogP contribution in [0.1, 0.15) is 33.1 Å². The summed E-state index contributed by atoms with van der Waals surface area (Å²) in [4.78, 5) is 0. The Kier molecular flexibility index (Phi) is 6.44. The van der Waals surface area contributed by atoms with Crippen molar-refractivity contribution in [1.82, 2.24) is 5.32 Å². The highest BCUT2D eigenvalue weighted by molar-refractivity contribution is 7.91. The van der Waals surface area contributed by atoms with Crippen molar-refractivity contribution < 1.29 is 13.2 Å². The van der Waals surface area contributed by atoms with Gasteiger partial charge in [0.1, 0.15) is 0 Å². The van der Waals surface area contributed by atoms with Gasteiger partial charge in [-0.3, -0.25) is 0 Å². The van der Waals surface area contributed by atoms with Gasteiger partial charge in [0.15, 0.2) is 9.84 Å². The summed E-state index contributed by atoms with van der Waals surface area (Å²) in [6.07, 6.45) is 2.53. The fourth-order valence-corrected chi connectivity index (χ4v) is 3.53. The van der Waals surface area contributed by atoms with E-state index in [1.165, 1.54) is 0 Å². The Morgan fingerprint density at radius 1 is 1.41 bits per heavy atom. The van der Waals surface area contributed by atoms with E-state index in [4.69, 9.17) is 4.74 Å². The van der Waals surface area contributed by atoms with Crippen molar-refractivity contribution in [3.63, 3.8) is 0 Å². The summed E-state index contributed by atoms with van der Waals surface area (Å²) in [6, 6.07) is 0. The smallest absolute Gasteiger partial charge is 0.152 e. The number of rotatable bonds is 8. The molecule has 1 saturated heterocycles. The van der Waals surface area contributed by atoms with Gasteiger partial charge in [-0.2, -0.15) is 0 Å². The van der Waals surface area contributed by atoms with Crippen molar-refractivity contribution >= 4 is 9.84 Å². The Hall–Kier alpha value is -0.130. The van der Waals surface area contributed by atoms with Crippen molar-refractivity contribution in [1.29, 1.82) is 0 Å². The molecule has 1 fully saturated rings. The minimum atomic E-state index is -2.93. The maximum atomic E-state index is 11.8. The molecule has 0 spiro atoms. The molecule has 1 aliphatic rings. The molecule has 0 aromatic rings. The van der Waals surface area contributed by atoms with Gasteiger partial charge in [0.2, 0.25) is 0 Å². The maximum absolute atomic E-state index is 11.8. The van der Waals surface area contributed by atoms with E-state index in [9.17, 15) is 8.42 Å². The number of ether oxygens (including phenoxy) is 1. The first kappa shape index (κ1) is 14.9. The molecule has 0 bridgehead atoms. The first-order chi connectivity index (χ1) is 7.99. The van der Waals surface area contributed by atoms with E-state index in [1.54, 1.807) is 0 Å². The van der Waals surface area contributed by atoms with Gasteiger partial charge in [-0.1, -0.05) is 13.8 Å². The number of sulfone groups is 1. The normalized spacial score (nSPS) is 21.2. The molecule has 1 heterocycles. The summed E-state index contributed by atoms with van der Waals surface area (Å²) in [5.74, 6) is 1.09. The number of hydrogen-bond acceptors (Lipinski definition) is 4. The van der Waals surface area contributed by atoms with Crippen LogP contribution < -0.4 is 5.32 Å². The third kappa shape index (κ3) is 7.01. The molecule has 1 atom stereocenters. The lowest BCUT2D eigenvalue weighted by Crippen LogP contribution is -2.26. The summed E-state index contributed by atoms with van der Waals surface area (Å²) in [5.41, 5.74) is 0. The summed E-state index contributed by atoms with van der Waals surface area (Å²) >= 11 is 0. The Labute approximate surface area is 105 Å². The van der Waals surface area contributed by atoms with E-state index in [0.29, 0.717) is 12.3 Å². The molecule has 0 radical (unpaired) electrons. The number of hydrogen-bond donors (Lipinski definition) is 1.